The number of rotatable bonds is 3. The van der Waals surface area contributed by atoms with Gasteiger partial charge in [-0.05, 0) is 43.9 Å². The Morgan fingerprint density at radius 2 is 2.10 bits per heavy atom. The van der Waals surface area contributed by atoms with Crippen LogP contribution in [0.1, 0.15) is 36.8 Å². The van der Waals surface area contributed by atoms with E-state index in [4.69, 9.17) is 10.00 Å². The molecule has 3 nitrogen and oxygen atoms in total. The van der Waals surface area contributed by atoms with Gasteiger partial charge in [-0.3, -0.25) is 0 Å². The van der Waals surface area contributed by atoms with E-state index in [1.54, 1.807) is 7.11 Å². The molecule has 1 N–H and O–H groups in total. The number of nitriles is 1. The van der Waals surface area contributed by atoms with Gasteiger partial charge in [0.25, 0.3) is 0 Å². The highest BCUT2D eigenvalue weighted by molar-refractivity contribution is 5.59. The van der Waals surface area contributed by atoms with Crippen molar-refractivity contribution in [2.75, 3.05) is 12.4 Å². The van der Waals surface area contributed by atoms with Crippen LogP contribution in [0, 0.1) is 11.3 Å². The zero-order valence-electron chi connectivity index (χ0n) is 11.7. The minimum absolute atomic E-state index is 0.0179. The summed E-state index contributed by atoms with van der Waals surface area (Å²) in [5, 5.41) is 12.2. The molecule has 0 bridgehead atoms. The van der Waals surface area contributed by atoms with Gasteiger partial charge in [0.1, 0.15) is 6.07 Å². The van der Waals surface area contributed by atoms with Crippen molar-refractivity contribution in [1.29, 1.82) is 5.26 Å². The first-order valence-corrected chi connectivity index (χ1v) is 6.84. The number of halogens is 3. The SMILES string of the molecule is COC1CCCC(Nc2ccc(C(F)(F)F)cc2C#N)C1. The van der Waals surface area contributed by atoms with Gasteiger partial charge in [0.15, 0.2) is 0 Å². The molecule has 1 aromatic rings. The fraction of sp³-hybridized carbons (Fsp3) is 0.533. The largest absolute Gasteiger partial charge is 0.416 e. The van der Waals surface area contributed by atoms with E-state index in [9.17, 15) is 13.2 Å². The first kappa shape index (κ1) is 15.6. The summed E-state index contributed by atoms with van der Waals surface area (Å²) in [5.41, 5.74) is -0.334. The number of nitrogens with zero attached hydrogens (tertiary/aromatic N) is 1. The maximum Gasteiger partial charge on any atom is 0.416 e. The normalized spacial score (nSPS) is 22.6. The fourth-order valence-corrected chi connectivity index (χ4v) is 2.65. The van der Waals surface area contributed by atoms with Gasteiger partial charge in [0.2, 0.25) is 0 Å². The first-order valence-electron chi connectivity index (χ1n) is 6.84. The highest BCUT2D eigenvalue weighted by Crippen LogP contribution is 2.32. The molecule has 1 aromatic carbocycles. The number of methoxy groups -OCH3 is 1. The van der Waals surface area contributed by atoms with Gasteiger partial charge in [-0.2, -0.15) is 18.4 Å². The van der Waals surface area contributed by atoms with E-state index in [0.29, 0.717) is 5.69 Å². The van der Waals surface area contributed by atoms with Gasteiger partial charge in [0.05, 0.1) is 22.9 Å². The third kappa shape index (κ3) is 3.88. The summed E-state index contributed by atoms with van der Waals surface area (Å²) in [6.45, 7) is 0. The molecule has 2 atom stereocenters. The maximum atomic E-state index is 12.6. The van der Waals surface area contributed by atoms with E-state index in [0.717, 1.165) is 37.8 Å². The molecular weight excluding hydrogens is 281 g/mol. The van der Waals surface area contributed by atoms with E-state index in [-0.39, 0.29) is 17.7 Å². The van der Waals surface area contributed by atoms with Gasteiger partial charge in [-0.1, -0.05) is 0 Å². The van der Waals surface area contributed by atoms with Crippen molar-refractivity contribution in [2.45, 2.75) is 44.0 Å². The fourth-order valence-electron chi connectivity index (χ4n) is 2.65. The van der Waals surface area contributed by atoms with Gasteiger partial charge >= 0.3 is 6.18 Å². The molecule has 0 heterocycles. The highest BCUT2D eigenvalue weighted by Gasteiger charge is 2.31. The Kier molecular flexibility index (Phi) is 4.73. The smallest absolute Gasteiger partial charge is 0.381 e. The van der Waals surface area contributed by atoms with E-state index >= 15 is 0 Å². The third-order valence-corrected chi connectivity index (χ3v) is 3.79. The van der Waals surface area contributed by atoms with Crippen molar-refractivity contribution in [3.8, 4) is 6.07 Å². The Morgan fingerprint density at radius 1 is 1.33 bits per heavy atom. The van der Waals surface area contributed by atoms with Crippen LogP contribution in [-0.4, -0.2) is 19.3 Å². The van der Waals surface area contributed by atoms with Crippen LogP contribution in [0.5, 0.6) is 0 Å². The minimum atomic E-state index is -4.43. The molecule has 1 saturated carbocycles. The number of hydrogen-bond acceptors (Lipinski definition) is 3. The minimum Gasteiger partial charge on any atom is -0.381 e. The van der Waals surface area contributed by atoms with Crippen molar-refractivity contribution in [3.05, 3.63) is 29.3 Å². The molecule has 2 unspecified atom stereocenters. The number of hydrogen-bond donors (Lipinski definition) is 1. The molecule has 0 radical (unpaired) electrons. The highest BCUT2D eigenvalue weighted by atomic mass is 19.4. The van der Waals surface area contributed by atoms with E-state index in [2.05, 4.69) is 5.32 Å². The lowest BCUT2D eigenvalue weighted by Gasteiger charge is -2.29. The summed E-state index contributed by atoms with van der Waals surface area (Å²) in [6.07, 6.45) is -0.563. The summed E-state index contributed by atoms with van der Waals surface area (Å²) < 4.78 is 43.3. The van der Waals surface area contributed by atoms with Crippen molar-refractivity contribution >= 4 is 5.69 Å². The standard InChI is InChI=1S/C15H17F3N2O/c1-21-13-4-2-3-12(8-13)20-14-6-5-11(15(16,17)18)7-10(14)9-19/h5-7,12-13,20H,2-4,8H2,1H3. The molecular formula is C15H17F3N2O. The van der Waals surface area contributed by atoms with Crippen LogP contribution in [0.2, 0.25) is 0 Å². The summed E-state index contributed by atoms with van der Waals surface area (Å²) in [4.78, 5) is 0. The molecule has 6 heteroatoms. The van der Waals surface area contributed by atoms with E-state index in [1.807, 2.05) is 6.07 Å². The Labute approximate surface area is 121 Å². The zero-order valence-corrected chi connectivity index (χ0v) is 11.7. The van der Waals surface area contributed by atoms with Gasteiger partial charge in [-0.25, -0.2) is 0 Å². The Morgan fingerprint density at radius 3 is 2.71 bits per heavy atom. The molecule has 0 spiro atoms. The third-order valence-electron chi connectivity index (χ3n) is 3.79. The Balaban J connectivity index is 2.15. The second-order valence-corrected chi connectivity index (χ2v) is 5.24. The van der Waals surface area contributed by atoms with Crippen LogP contribution in [0.3, 0.4) is 0 Å². The van der Waals surface area contributed by atoms with Crippen molar-refractivity contribution < 1.29 is 17.9 Å². The molecule has 2 rings (SSSR count). The number of nitrogens with one attached hydrogen (secondary N) is 1. The number of alkyl halides is 3. The average molecular weight is 298 g/mol. The van der Waals surface area contributed by atoms with E-state index < -0.39 is 11.7 Å². The molecule has 1 fully saturated rings. The lowest BCUT2D eigenvalue weighted by Crippen LogP contribution is -2.31. The maximum absolute atomic E-state index is 12.6. The first-order chi connectivity index (χ1) is 9.94. The topological polar surface area (TPSA) is 45.0 Å². The van der Waals surface area contributed by atoms with Crippen molar-refractivity contribution in [2.24, 2.45) is 0 Å². The zero-order chi connectivity index (χ0) is 15.5. The lowest BCUT2D eigenvalue weighted by atomic mass is 9.92. The molecule has 0 saturated heterocycles. The average Bonchev–Trinajstić information content (AvgIpc) is 2.46. The van der Waals surface area contributed by atoms with Crippen molar-refractivity contribution in [1.82, 2.24) is 0 Å². The second kappa shape index (κ2) is 6.35. The Hall–Kier alpha value is -1.74. The molecule has 0 amide bonds. The predicted molar refractivity (Wildman–Crippen MR) is 72.8 cm³/mol. The van der Waals surface area contributed by atoms with E-state index in [1.165, 1.54) is 6.07 Å². The van der Waals surface area contributed by atoms with Gasteiger partial charge < -0.3 is 10.1 Å². The number of ether oxygens (including phenoxy) is 1. The lowest BCUT2D eigenvalue weighted by molar-refractivity contribution is -0.137. The van der Waals surface area contributed by atoms with Gasteiger partial charge in [0, 0.05) is 13.2 Å². The van der Waals surface area contributed by atoms with Crippen LogP contribution in [0.4, 0.5) is 18.9 Å². The molecule has 0 aliphatic heterocycles. The quantitative estimate of drug-likeness (QED) is 0.919. The summed E-state index contributed by atoms with van der Waals surface area (Å²) in [6, 6.07) is 5.17. The van der Waals surface area contributed by atoms with Crippen LogP contribution in [0.25, 0.3) is 0 Å². The van der Waals surface area contributed by atoms with Crippen LogP contribution < -0.4 is 5.32 Å². The second-order valence-electron chi connectivity index (χ2n) is 5.24. The molecule has 21 heavy (non-hydrogen) atoms. The van der Waals surface area contributed by atoms with Crippen LogP contribution >= 0.6 is 0 Å². The monoisotopic (exact) mass is 298 g/mol. The Bertz CT molecular complexity index is 537. The number of benzene rings is 1. The summed E-state index contributed by atoms with van der Waals surface area (Å²) in [7, 11) is 1.66. The summed E-state index contributed by atoms with van der Waals surface area (Å²) in [5.74, 6) is 0. The molecule has 114 valence electrons. The molecule has 1 aliphatic rings. The van der Waals surface area contributed by atoms with Crippen molar-refractivity contribution in [3.63, 3.8) is 0 Å². The van der Waals surface area contributed by atoms with Crippen LogP contribution in [-0.2, 0) is 10.9 Å². The molecule has 0 aromatic heterocycles. The van der Waals surface area contributed by atoms with Crippen LogP contribution in [0.15, 0.2) is 18.2 Å². The summed E-state index contributed by atoms with van der Waals surface area (Å²) >= 11 is 0. The van der Waals surface area contributed by atoms with Gasteiger partial charge in [-0.15, -0.1) is 0 Å². The number of anilines is 1. The predicted octanol–water partition coefficient (Wildman–Crippen LogP) is 3.95. The molecule has 1 aliphatic carbocycles.